The van der Waals surface area contributed by atoms with Crippen LogP contribution in [0.4, 0.5) is 10.5 Å². The fourth-order valence-corrected chi connectivity index (χ4v) is 2.67. The number of carboxylic acids is 1. The van der Waals surface area contributed by atoms with Crippen molar-refractivity contribution in [3.63, 3.8) is 0 Å². The van der Waals surface area contributed by atoms with Gasteiger partial charge in [0.2, 0.25) is 0 Å². The molecular formula is C14H17BrN2O3. The van der Waals surface area contributed by atoms with Crippen molar-refractivity contribution in [1.82, 2.24) is 5.32 Å². The Labute approximate surface area is 125 Å². The van der Waals surface area contributed by atoms with Gasteiger partial charge in [-0.15, -0.1) is 0 Å². The number of carbonyl (C=O) groups excluding carboxylic acids is 1. The lowest BCUT2D eigenvalue weighted by atomic mass is 10.2. The molecule has 1 saturated carbocycles. The van der Waals surface area contributed by atoms with E-state index in [1.807, 2.05) is 0 Å². The predicted octanol–water partition coefficient (Wildman–Crippen LogP) is 3.46. The first kappa shape index (κ1) is 14.8. The Hall–Kier alpha value is -1.56. The standard InChI is InChI=1S/C14H17BrN2O3/c1-2-3-8-7-12(8)17-14(20)16-11-5-4-9(13(18)19)6-10(11)15/h4-6,8,12H,2-3,7H2,1H3,(H,18,19)(H2,16,17,20). The number of nitrogens with one attached hydrogen (secondary N) is 2. The minimum atomic E-state index is -0.998. The highest BCUT2D eigenvalue weighted by atomic mass is 79.9. The predicted molar refractivity (Wildman–Crippen MR) is 80.1 cm³/mol. The van der Waals surface area contributed by atoms with Crippen LogP contribution in [0.25, 0.3) is 0 Å². The molecule has 0 saturated heterocycles. The third kappa shape index (κ3) is 3.72. The third-order valence-corrected chi connectivity index (χ3v) is 4.02. The van der Waals surface area contributed by atoms with Crippen molar-refractivity contribution in [3.8, 4) is 0 Å². The number of urea groups is 1. The lowest BCUT2D eigenvalue weighted by Gasteiger charge is -2.09. The first-order chi connectivity index (χ1) is 9.51. The number of rotatable bonds is 5. The average Bonchev–Trinajstić information content (AvgIpc) is 3.10. The topological polar surface area (TPSA) is 78.4 Å². The molecule has 1 aliphatic carbocycles. The van der Waals surface area contributed by atoms with Crippen molar-refractivity contribution in [1.29, 1.82) is 0 Å². The summed E-state index contributed by atoms with van der Waals surface area (Å²) in [5.74, 6) is -0.398. The van der Waals surface area contributed by atoms with Gasteiger partial charge in [0, 0.05) is 10.5 Å². The molecule has 5 nitrogen and oxygen atoms in total. The normalized spacial score (nSPS) is 20.3. The summed E-state index contributed by atoms with van der Waals surface area (Å²) in [6.07, 6.45) is 3.31. The van der Waals surface area contributed by atoms with Crippen molar-refractivity contribution in [2.24, 2.45) is 5.92 Å². The van der Waals surface area contributed by atoms with Crippen LogP contribution >= 0.6 is 15.9 Å². The molecule has 2 rings (SSSR count). The van der Waals surface area contributed by atoms with E-state index in [2.05, 4.69) is 33.5 Å². The lowest BCUT2D eigenvalue weighted by Crippen LogP contribution is -2.31. The molecule has 0 heterocycles. The van der Waals surface area contributed by atoms with Gasteiger partial charge in [-0.1, -0.05) is 13.3 Å². The van der Waals surface area contributed by atoms with Crippen LogP contribution in [0, 0.1) is 5.92 Å². The van der Waals surface area contributed by atoms with Crippen molar-refractivity contribution in [2.75, 3.05) is 5.32 Å². The second-order valence-electron chi connectivity index (χ2n) is 4.99. The van der Waals surface area contributed by atoms with Crippen molar-refractivity contribution < 1.29 is 14.7 Å². The first-order valence-electron chi connectivity index (χ1n) is 6.61. The molecule has 0 spiro atoms. The lowest BCUT2D eigenvalue weighted by molar-refractivity contribution is 0.0697. The summed E-state index contributed by atoms with van der Waals surface area (Å²) in [4.78, 5) is 22.6. The summed E-state index contributed by atoms with van der Waals surface area (Å²) in [7, 11) is 0. The summed E-state index contributed by atoms with van der Waals surface area (Å²) < 4.78 is 0.549. The number of benzene rings is 1. The maximum atomic E-state index is 11.8. The molecule has 0 aliphatic heterocycles. The molecule has 0 radical (unpaired) electrons. The monoisotopic (exact) mass is 340 g/mol. The van der Waals surface area contributed by atoms with E-state index >= 15 is 0 Å². The van der Waals surface area contributed by atoms with Crippen LogP contribution in [-0.4, -0.2) is 23.1 Å². The molecule has 1 aromatic rings. The number of anilines is 1. The van der Waals surface area contributed by atoms with Crippen LogP contribution < -0.4 is 10.6 Å². The zero-order valence-corrected chi connectivity index (χ0v) is 12.7. The SMILES string of the molecule is CCCC1CC1NC(=O)Nc1ccc(C(=O)O)cc1Br. The highest BCUT2D eigenvalue weighted by Crippen LogP contribution is 2.34. The highest BCUT2D eigenvalue weighted by Gasteiger charge is 2.37. The third-order valence-electron chi connectivity index (χ3n) is 3.36. The van der Waals surface area contributed by atoms with E-state index in [1.165, 1.54) is 12.1 Å². The maximum Gasteiger partial charge on any atom is 0.335 e. The number of aromatic carboxylic acids is 1. The Kier molecular flexibility index (Phi) is 4.65. The van der Waals surface area contributed by atoms with Crippen molar-refractivity contribution >= 4 is 33.6 Å². The molecule has 108 valence electrons. The Balaban J connectivity index is 1.90. The molecule has 0 bridgehead atoms. The molecule has 2 unspecified atom stereocenters. The van der Waals surface area contributed by atoms with Crippen LogP contribution in [0.15, 0.2) is 22.7 Å². The van der Waals surface area contributed by atoms with Crippen LogP contribution in [0.5, 0.6) is 0 Å². The summed E-state index contributed by atoms with van der Waals surface area (Å²) >= 11 is 3.26. The molecule has 20 heavy (non-hydrogen) atoms. The van der Waals surface area contributed by atoms with Crippen LogP contribution in [-0.2, 0) is 0 Å². The van der Waals surface area contributed by atoms with Gasteiger partial charge < -0.3 is 15.7 Å². The number of hydrogen-bond acceptors (Lipinski definition) is 2. The Bertz CT molecular complexity index is 533. The van der Waals surface area contributed by atoms with E-state index in [-0.39, 0.29) is 17.6 Å². The summed E-state index contributed by atoms with van der Waals surface area (Å²) in [6, 6.07) is 4.52. The van der Waals surface area contributed by atoms with Crippen molar-refractivity contribution in [3.05, 3.63) is 28.2 Å². The molecule has 3 N–H and O–H groups in total. The van der Waals surface area contributed by atoms with Gasteiger partial charge in [-0.25, -0.2) is 9.59 Å². The zero-order chi connectivity index (χ0) is 14.7. The van der Waals surface area contributed by atoms with E-state index in [0.29, 0.717) is 16.1 Å². The number of halogens is 1. The van der Waals surface area contributed by atoms with Crippen molar-refractivity contribution in [2.45, 2.75) is 32.2 Å². The quantitative estimate of drug-likeness (QED) is 0.767. The van der Waals surface area contributed by atoms with Gasteiger partial charge in [0.1, 0.15) is 0 Å². The molecule has 6 heteroatoms. The molecule has 1 aromatic carbocycles. The number of hydrogen-bond donors (Lipinski definition) is 3. The molecule has 1 fully saturated rings. The minimum absolute atomic E-state index is 0.174. The van der Waals surface area contributed by atoms with Gasteiger partial charge in [0.15, 0.2) is 0 Å². The fraction of sp³-hybridized carbons (Fsp3) is 0.429. The number of amides is 2. The van der Waals surface area contributed by atoms with E-state index in [0.717, 1.165) is 19.3 Å². The summed E-state index contributed by atoms with van der Waals surface area (Å²) in [5, 5.41) is 14.5. The van der Waals surface area contributed by atoms with Crippen LogP contribution in [0.2, 0.25) is 0 Å². The van der Waals surface area contributed by atoms with Gasteiger partial charge in [0.25, 0.3) is 0 Å². The Morgan fingerprint density at radius 3 is 2.80 bits per heavy atom. The van der Waals surface area contributed by atoms with Gasteiger partial charge in [-0.05, 0) is 52.9 Å². The van der Waals surface area contributed by atoms with E-state index in [1.54, 1.807) is 6.07 Å². The maximum absolute atomic E-state index is 11.8. The Morgan fingerprint density at radius 2 is 2.20 bits per heavy atom. The van der Waals surface area contributed by atoms with E-state index < -0.39 is 5.97 Å². The smallest absolute Gasteiger partial charge is 0.335 e. The Morgan fingerprint density at radius 1 is 1.45 bits per heavy atom. The number of carbonyl (C=O) groups is 2. The molecule has 0 aromatic heterocycles. The highest BCUT2D eigenvalue weighted by molar-refractivity contribution is 9.10. The summed E-state index contributed by atoms with van der Waals surface area (Å²) in [6.45, 7) is 2.14. The van der Waals surface area contributed by atoms with Gasteiger partial charge in [0.05, 0.1) is 11.3 Å². The number of carboxylic acid groups (broad SMARTS) is 1. The zero-order valence-electron chi connectivity index (χ0n) is 11.1. The average molecular weight is 341 g/mol. The minimum Gasteiger partial charge on any atom is -0.478 e. The van der Waals surface area contributed by atoms with Gasteiger partial charge >= 0.3 is 12.0 Å². The largest absolute Gasteiger partial charge is 0.478 e. The van der Waals surface area contributed by atoms with Gasteiger partial charge in [-0.3, -0.25) is 0 Å². The molecule has 2 atom stereocenters. The van der Waals surface area contributed by atoms with Gasteiger partial charge in [-0.2, -0.15) is 0 Å². The summed E-state index contributed by atoms with van der Waals surface area (Å²) in [5.41, 5.74) is 0.730. The molecular weight excluding hydrogens is 324 g/mol. The van der Waals surface area contributed by atoms with Crippen LogP contribution in [0.1, 0.15) is 36.5 Å². The second kappa shape index (κ2) is 6.26. The molecule has 2 amide bonds. The van der Waals surface area contributed by atoms with E-state index in [4.69, 9.17) is 5.11 Å². The first-order valence-corrected chi connectivity index (χ1v) is 7.41. The van der Waals surface area contributed by atoms with Crippen LogP contribution in [0.3, 0.4) is 0 Å². The van der Waals surface area contributed by atoms with E-state index in [9.17, 15) is 9.59 Å². The fourth-order valence-electron chi connectivity index (χ4n) is 2.19. The second-order valence-corrected chi connectivity index (χ2v) is 5.84. The molecule has 1 aliphatic rings.